The van der Waals surface area contributed by atoms with Crippen molar-refractivity contribution in [1.82, 2.24) is 4.98 Å². The Labute approximate surface area is 91.5 Å². The van der Waals surface area contributed by atoms with Crippen LogP contribution in [0.1, 0.15) is 12.0 Å². The lowest BCUT2D eigenvalue weighted by Gasteiger charge is -2.06. The van der Waals surface area contributed by atoms with Crippen molar-refractivity contribution in [3.63, 3.8) is 0 Å². The maximum Gasteiger partial charge on any atom is 0.268 e. The van der Waals surface area contributed by atoms with Crippen LogP contribution in [0.4, 0.5) is 13.2 Å². The normalized spacial score (nSPS) is 12.1. The topological polar surface area (TPSA) is 73.1 Å². The van der Waals surface area contributed by atoms with Gasteiger partial charge in [-0.3, -0.25) is 0 Å². The minimum atomic E-state index is -4.44. The average molecular weight is 305 g/mol. The fraction of sp³-hybridized carbons (Fsp3) is 0.167. The second kappa shape index (κ2) is 4.06. The van der Waals surface area contributed by atoms with Gasteiger partial charge in [0.2, 0.25) is 10.0 Å². The molecule has 4 nitrogen and oxygen atoms in total. The van der Waals surface area contributed by atoms with E-state index in [0.717, 1.165) is 0 Å². The van der Waals surface area contributed by atoms with Gasteiger partial charge in [0.05, 0.1) is 5.56 Å². The lowest BCUT2D eigenvalue weighted by molar-refractivity contribution is 0.145. The standard InChI is InChI=1S/C6H4BrF3N2O2S/c7-5-4(15(11,13)14)3(8)2(1-12-5)6(9)10/h1,6H,(H2,11,13,14). The number of halogens is 4. The molecule has 1 aromatic heterocycles. The number of rotatable bonds is 2. The fourth-order valence-corrected chi connectivity index (χ4v) is 2.47. The van der Waals surface area contributed by atoms with E-state index in [1.165, 1.54) is 0 Å². The molecule has 2 N–H and O–H groups in total. The van der Waals surface area contributed by atoms with Crippen LogP contribution in [0.15, 0.2) is 15.7 Å². The molecule has 0 aromatic carbocycles. The molecule has 0 bridgehead atoms. The first-order valence-electron chi connectivity index (χ1n) is 3.40. The van der Waals surface area contributed by atoms with Gasteiger partial charge >= 0.3 is 0 Å². The van der Waals surface area contributed by atoms with E-state index in [4.69, 9.17) is 0 Å². The van der Waals surface area contributed by atoms with Gasteiger partial charge < -0.3 is 0 Å². The van der Waals surface area contributed by atoms with Gasteiger partial charge in [-0.1, -0.05) is 0 Å². The zero-order valence-corrected chi connectivity index (χ0v) is 9.32. The Kier molecular flexibility index (Phi) is 3.36. The molecule has 0 radical (unpaired) electrons. The Hall–Kier alpha value is -0.670. The van der Waals surface area contributed by atoms with E-state index < -0.39 is 37.3 Å². The third kappa shape index (κ3) is 2.47. The van der Waals surface area contributed by atoms with Crippen molar-refractivity contribution in [1.29, 1.82) is 0 Å². The number of sulfonamides is 1. The summed E-state index contributed by atoms with van der Waals surface area (Å²) in [6.45, 7) is 0. The predicted octanol–water partition coefficient (Wildman–Crippen LogP) is 1.57. The molecule has 0 aliphatic heterocycles. The molecular weight excluding hydrogens is 301 g/mol. The molecule has 0 aliphatic rings. The van der Waals surface area contributed by atoms with Gasteiger partial charge in [0.25, 0.3) is 6.43 Å². The number of nitrogens with two attached hydrogens (primary N) is 1. The van der Waals surface area contributed by atoms with E-state index in [9.17, 15) is 21.6 Å². The Morgan fingerprint density at radius 1 is 1.47 bits per heavy atom. The van der Waals surface area contributed by atoms with E-state index in [1.54, 1.807) is 0 Å². The number of primary sulfonamides is 1. The summed E-state index contributed by atoms with van der Waals surface area (Å²) in [4.78, 5) is 2.20. The zero-order chi connectivity index (χ0) is 11.8. The quantitative estimate of drug-likeness (QED) is 0.843. The molecule has 0 atom stereocenters. The van der Waals surface area contributed by atoms with E-state index in [1.807, 2.05) is 0 Å². The highest BCUT2D eigenvalue weighted by atomic mass is 79.9. The monoisotopic (exact) mass is 304 g/mol. The van der Waals surface area contributed by atoms with E-state index >= 15 is 0 Å². The SMILES string of the molecule is NS(=O)(=O)c1c(Br)ncc(C(F)F)c1F. The highest BCUT2D eigenvalue weighted by molar-refractivity contribution is 9.10. The summed E-state index contributed by atoms with van der Waals surface area (Å²) in [6, 6.07) is 0. The molecule has 1 heterocycles. The Balaban J connectivity index is 3.59. The average Bonchev–Trinajstić information content (AvgIpc) is 2.00. The summed E-state index contributed by atoms with van der Waals surface area (Å²) in [6.07, 6.45) is -2.62. The molecule has 0 fully saturated rings. The van der Waals surface area contributed by atoms with E-state index in [-0.39, 0.29) is 0 Å². The molecular formula is C6H4BrF3N2O2S. The Bertz CT molecular complexity index is 491. The second-order valence-corrected chi connectivity index (χ2v) is 4.74. The molecule has 9 heteroatoms. The van der Waals surface area contributed by atoms with Crippen LogP contribution in [0.2, 0.25) is 0 Å². The highest BCUT2D eigenvalue weighted by Crippen LogP contribution is 2.29. The van der Waals surface area contributed by atoms with Gasteiger partial charge in [0, 0.05) is 6.20 Å². The molecule has 0 amide bonds. The molecule has 1 rings (SSSR count). The van der Waals surface area contributed by atoms with Crippen LogP contribution in [0.3, 0.4) is 0 Å². The molecule has 84 valence electrons. The molecule has 0 spiro atoms. The smallest absolute Gasteiger partial charge is 0.247 e. The maximum absolute atomic E-state index is 13.3. The van der Waals surface area contributed by atoms with Crippen molar-refractivity contribution in [2.75, 3.05) is 0 Å². The van der Waals surface area contributed by atoms with E-state index in [0.29, 0.717) is 6.20 Å². The third-order valence-corrected chi connectivity index (χ3v) is 3.28. The highest BCUT2D eigenvalue weighted by Gasteiger charge is 2.26. The van der Waals surface area contributed by atoms with Crippen LogP contribution in [0.25, 0.3) is 0 Å². The molecule has 0 aliphatic carbocycles. The lowest BCUT2D eigenvalue weighted by Crippen LogP contribution is -2.16. The molecule has 0 saturated carbocycles. The first-order valence-corrected chi connectivity index (χ1v) is 5.74. The van der Waals surface area contributed by atoms with Gasteiger partial charge in [0.15, 0.2) is 10.7 Å². The summed E-state index contributed by atoms with van der Waals surface area (Å²) in [5, 5.41) is 4.64. The molecule has 0 saturated heterocycles. The summed E-state index contributed by atoms with van der Waals surface area (Å²) in [5.74, 6) is -1.59. The van der Waals surface area contributed by atoms with E-state index in [2.05, 4.69) is 26.1 Å². The van der Waals surface area contributed by atoms with Crippen molar-refractivity contribution >= 4 is 26.0 Å². The largest absolute Gasteiger partial charge is 0.268 e. The number of nitrogens with zero attached hydrogens (tertiary/aromatic N) is 1. The lowest BCUT2D eigenvalue weighted by atomic mass is 10.3. The predicted molar refractivity (Wildman–Crippen MR) is 48.2 cm³/mol. The van der Waals surface area contributed by atoms with Crippen molar-refractivity contribution in [2.45, 2.75) is 11.3 Å². The molecule has 0 unspecified atom stereocenters. The van der Waals surface area contributed by atoms with Gasteiger partial charge in [-0.2, -0.15) is 0 Å². The van der Waals surface area contributed by atoms with Crippen molar-refractivity contribution in [3.05, 3.63) is 22.2 Å². The van der Waals surface area contributed by atoms with Crippen molar-refractivity contribution < 1.29 is 21.6 Å². The first kappa shape index (κ1) is 12.4. The Morgan fingerprint density at radius 2 is 2.00 bits per heavy atom. The van der Waals surface area contributed by atoms with Gasteiger partial charge in [-0.05, 0) is 15.9 Å². The van der Waals surface area contributed by atoms with Crippen molar-refractivity contribution in [2.24, 2.45) is 5.14 Å². The summed E-state index contributed by atoms with van der Waals surface area (Å²) < 4.78 is 59.0. The van der Waals surface area contributed by atoms with Crippen LogP contribution >= 0.6 is 15.9 Å². The fourth-order valence-electron chi connectivity index (χ4n) is 0.858. The number of hydrogen-bond donors (Lipinski definition) is 1. The van der Waals surface area contributed by atoms with Crippen LogP contribution in [-0.2, 0) is 10.0 Å². The van der Waals surface area contributed by atoms with Crippen LogP contribution in [0.5, 0.6) is 0 Å². The number of pyridine rings is 1. The maximum atomic E-state index is 13.3. The van der Waals surface area contributed by atoms with Gasteiger partial charge in [-0.15, -0.1) is 0 Å². The van der Waals surface area contributed by atoms with Gasteiger partial charge in [-0.25, -0.2) is 31.7 Å². The number of alkyl halides is 2. The number of hydrogen-bond acceptors (Lipinski definition) is 3. The summed E-state index contributed by atoms with van der Waals surface area (Å²) in [5.41, 5.74) is -1.11. The minimum Gasteiger partial charge on any atom is -0.247 e. The minimum absolute atomic E-state index is 0.438. The third-order valence-electron chi connectivity index (χ3n) is 1.48. The summed E-state index contributed by atoms with van der Waals surface area (Å²) >= 11 is 2.61. The van der Waals surface area contributed by atoms with Crippen LogP contribution in [-0.4, -0.2) is 13.4 Å². The first-order chi connectivity index (χ1) is 6.75. The molecule has 1 aromatic rings. The second-order valence-electron chi connectivity index (χ2n) is 2.49. The van der Waals surface area contributed by atoms with Crippen LogP contribution in [0, 0.1) is 5.82 Å². The summed E-state index contributed by atoms with van der Waals surface area (Å²) in [7, 11) is -4.44. The molecule has 15 heavy (non-hydrogen) atoms. The number of aromatic nitrogens is 1. The van der Waals surface area contributed by atoms with Gasteiger partial charge in [0.1, 0.15) is 4.60 Å². The Morgan fingerprint density at radius 3 is 2.40 bits per heavy atom. The van der Waals surface area contributed by atoms with Crippen LogP contribution < -0.4 is 5.14 Å². The van der Waals surface area contributed by atoms with Crippen molar-refractivity contribution in [3.8, 4) is 0 Å². The zero-order valence-electron chi connectivity index (χ0n) is 6.92.